The average molecular weight is 574 g/mol. The van der Waals surface area contributed by atoms with Crippen molar-refractivity contribution in [2.24, 2.45) is 0 Å². The molecule has 44 heavy (non-hydrogen) atoms. The predicted molar refractivity (Wildman–Crippen MR) is 178 cm³/mol. The van der Waals surface area contributed by atoms with Crippen molar-refractivity contribution in [3.8, 4) is 28.7 Å². The van der Waals surface area contributed by atoms with Crippen LogP contribution in [-0.4, -0.2) is 23.7 Å². The van der Waals surface area contributed by atoms with Gasteiger partial charge in [-0.25, -0.2) is 9.97 Å². The normalized spacial score (nSPS) is 12.0. The van der Waals surface area contributed by atoms with Crippen LogP contribution in [0.1, 0.15) is 26.3 Å². The second-order valence-electron chi connectivity index (χ2n) is 12.1. The molecule has 0 atom stereocenters. The van der Waals surface area contributed by atoms with Gasteiger partial charge in [-0.1, -0.05) is 63.2 Å². The zero-order valence-corrected chi connectivity index (χ0v) is 24.8. The standard InChI is InChI=1S/C38H31N5O/c1-38(2,3)26-18-19-40-35(22-26)43-34-24-30(44-29-13-9-12-28(23-29)41-21-20-39-25-41)16-17-32(34)36-37(43)31-14-7-8-15-33(31)42(36)27-10-5-4-6-11-27/h4-25H,1-3H3. The lowest BCUT2D eigenvalue weighted by molar-refractivity contribution is 0.483. The van der Waals surface area contributed by atoms with E-state index in [1.165, 1.54) is 10.9 Å². The van der Waals surface area contributed by atoms with Crippen molar-refractivity contribution in [2.45, 2.75) is 26.2 Å². The molecule has 0 aliphatic rings. The molecule has 0 radical (unpaired) electrons. The molecule has 0 bridgehead atoms. The van der Waals surface area contributed by atoms with E-state index in [0.717, 1.165) is 56.1 Å². The highest BCUT2D eigenvalue weighted by Crippen LogP contribution is 2.42. The molecule has 4 heterocycles. The van der Waals surface area contributed by atoms with Gasteiger partial charge in [-0.05, 0) is 65.6 Å². The van der Waals surface area contributed by atoms with Gasteiger partial charge in [0.1, 0.15) is 17.3 Å². The summed E-state index contributed by atoms with van der Waals surface area (Å²) in [6.07, 6.45) is 7.41. The van der Waals surface area contributed by atoms with Gasteiger partial charge >= 0.3 is 0 Å². The fourth-order valence-electron chi connectivity index (χ4n) is 6.12. The molecular formula is C38H31N5O. The minimum atomic E-state index is -0.0215. The van der Waals surface area contributed by atoms with Crippen LogP contribution in [0.15, 0.2) is 134 Å². The first-order valence-corrected chi connectivity index (χ1v) is 14.8. The number of para-hydroxylation sites is 2. The minimum Gasteiger partial charge on any atom is -0.457 e. The van der Waals surface area contributed by atoms with Gasteiger partial charge in [0.15, 0.2) is 0 Å². The van der Waals surface area contributed by atoms with Crippen LogP contribution >= 0.6 is 0 Å². The number of hydrogen-bond acceptors (Lipinski definition) is 3. The SMILES string of the molecule is CC(C)(C)c1ccnc(-n2c3cc(Oc4cccc(-n5ccnc5)c4)ccc3c3c2c2ccccc2n3-c2ccccc2)c1. The maximum Gasteiger partial charge on any atom is 0.137 e. The number of pyridine rings is 1. The Hall–Kier alpha value is -5.62. The summed E-state index contributed by atoms with van der Waals surface area (Å²) in [7, 11) is 0. The first-order valence-electron chi connectivity index (χ1n) is 14.8. The average Bonchev–Trinajstić information content (AvgIpc) is 3.77. The van der Waals surface area contributed by atoms with Gasteiger partial charge in [0.2, 0.25) is 0 Å². The lowest BCUT2D eigenvalue weighted by Crippen LogP contribution is -2.12. The van der Waals surface area contributed by atoms with Crippen molar-refractivity contribution >= 4 is 32.8 Å². The van der Waals surface area contributed by atoms with E-state index in [1.807, 2.05) is 41.2 Å². The number of hydrogen-bond donors (Lipinski definition) is 0. The summed E-state index contributed by atoms with van der Waals surface area (Å²) >= 11 is 0. The summed E-state index contributed by atoms with van der Waals surface area (Å²) in [6, 6.07) is 37.9. The Kier molecular flexibility index (Phi) is 5.91. The number of aromatic nitrogens is 5. The topological polar surface area (TPSA) is 49.8 Å². The molecule has 0 aliphatic heterocycles. The van der Waals surface area contributed by atoms with Crippen LogP contribution in [0, 0.1) is 0 Å². The van der Waals surface area contributed by atoms with Crippen molar-refractivity contribution in [1.82, 2.24) is 23.7 Å². The fraction of sp³-hybridized carbons (Fsp3) is 0.105. The third kappa shape index (κ3) is 4.26. The fourth-order valence-corrected chi connectivity index (χ4v) is 6.12. The zero-order chi connectivity index (χ0) is 29.8. The lowest BCUT2D eigenvalue weighted by atomic mass is 9.88. The Morgan fingerprint density at radius 3 is 2.18 bits per heavy atom. The molecule has 8 rings (SSSR count). The molecule has 0 amide bonds. The van der Waals surface area contributed by atoms with E-state index < -0.39 is 0 Å². The van der Waals surface area contributed by atoms with E-state index in [-0.39, 0.29) is 5.41 Å². The molecule has 4 aromatic heterocycles. The third-order valence-corrected chi connectivity index (χ3v) is 8.25. The molecule has 0 spiro atoms. The molecule has 214 valence electrons. The first-order chi connectivity index (χ1) is 21.5. The molecule has 6 nitrogen and oxygen atoms in total. The molecule has 0 unspecified atom stereocenters. The van der Waals surface area contributed by atoms with Crippen LogP contribution in [0.3, 0.4) is 0 Å². The number of benzene rings is 4. The maximum atomic E-state index is 6.49. The lowest BCUT2D eigenvalue weighted by Gasteiger charge is -2.20. The molecule has 0 fully saturated rings. The highest BCUT2D eigenvalue weighted by molar-refractivity contribution is 6.20. The third-order valence-electron chi connectivity index (χ3n) is 8.25. The van der Waals surface area contributed by atoms with Gasteiger partial charge in [0.25, 0.3) is 0 Å². The molecule has 0 saturated carbocycles. The van der Waals surface area contributed by atoms with Gasteiger partial charge in [-0.3, -0.25) is 4.57 Å². The van der Waals surface area contributed by atoms with Crippen molar-refractivity contribution in [2.75, 3.05) is 0 Å². The largest absolute Gasteiger partial charge is 0.457 e. The zero-order valence-electron chi connectivity index (χ0n) is 24.8. The summed E-state index contributed by atoms with van der Waals surface area (Å²) in [5.41, 5.74) is 7.77. The maximum absolute atomic E-state index is 6.49. The minimum absolute atomic E-state index is 0.0215. The van der Waals surface area contributed by atoms with E-state index in [9.17, 15) is 0 Å². The van der Waals surface area contributed by atoms with Crippen LogP contribution in [0.5, 0.6) is 11.5 Å². The summed E-state index contributed by atoms with van der Waals surface area (Å²) in [5.74, 6) is 2.39. The van der Waals surface area contributed by atoms with E-state index in [4.69, 9.17) is 9.72 Å². The van der Waals surface area contributed by atoms with Crippen molar-refractivity contribution < 1.29 is 4.74 Å². The quantitative estimate of drug-likeness (QED) is 0.206. The summed E-state index contributed by atoms with van der Waals surface area (Å²) in [5, 5.41) is 2.29. The van der Waals surface area contributed by atoms with Gasteiger partial charge in [-0.2, -0.15) is 0 Å². The Bertz CT molecular complexity index is 2290. The van der Waals surface area contributed by atoms with Crippen molar-refractivity contribution in [3.63, 3.8) is 0 Å². The Morgan fingerprint density at radius 2 is 1.36 bits per heavy atom. The molecule has 6 heteroatoms. The monoisotopic (exact) mass is 573 g/mol. The van der Waals surface area contributed by atoms with Crippen LogP contribution in [0.2, 0.25) is 0 Å². The molecular weight excluding hydrogens is 542 g/mol. The number of fused-ring (bicyclic) bond motifs is 5. The van der Waals surface area contributed by atoms with Gasteiger partial charge < -0.3 is 13.9 Å². The van der Waals surface area contributed by atoms with E-state index in [1.54, 1.807) is 12.5 Å². The van der Waals surface area contributed by atoms with Crippen LogP contribution in [-0.2, 0) is 5.41 Å². The molecule has 0 aliphatic carbocycles. The van der Waals surface area contributed by atoms with Crippen LogP contribution in [0.4, 0.5) is 0 Å². The van der Waals surface area contributed by atoms with E-state index >= 15 is 0 Å². The summed E-state index contributed by atoms with van der Waals surface area (Å²) in [4.78, 5) is 9.13. The number of imidazole rings is 1. The first kappa shape index (κ1) is 26.0. The second kappa shape index (κ2) is 9.99. The smallest absolute Gasteiger partial charge is 0.137 e. The van der Waals surface area contributed by atoms with E-state index in [2.05, 4.69) is 120 Å². The Labute approximate surface area is 255 Å². The molecule has 4 aromatic carbocycles. The summed E-state index contributed by atoms with van der Waals surface area (Å²) < 4.78 is 13.1. The van der Waals surface area contributed by atoms with Gasteiger partial charge in [-0.15, -0.1) is 0 Å². The van der Waals surface area contributed by atoms with Crippen LogP contribution < -0.4 is 4.74 Å². The number of ether oxygens (including phenoxy) is 1. The summed E-state index contributed by atoms with van der Waals surface area (Å²) in [6.45, 7) is 6.71. The number of nitrogens with zero attached hydrogens (tertiary/aromatic N) is 5. The molecule has 8 aromatic rings. The van der Waals surface area contributed by atoms with Gasteiger partial charge in [0.05, 0.1) is 34.1 Å². The number of rotatable bonds is 5. The van der Waals surface area contributed by atoms with Crippen molar-refractivity contribution in [1.29, 1.82) is 0 Å². The van der Waals surface area contributed by atoms with Crippen molar-refractivity contribution in [3.05, 3.63) is 140 Å². The predicted octanol–water partition coefficient (Wildman–Crippen LogP) is 9.40. The molecule has 0 N–H and O–H groups in total. The van der Waals surface area contributed by atoms with Gasteiger partial charge in [0, 0.05) is 47.2 Å². The van der Waals surface area contributed by atoms with Crippen LogP contribution in [0.25, 0.3) is 50.0 Å². The Morgan fingerprint density at radius 1 is 0.614 bits per heavy atom. The Balaban J connectivity index is 1.40. The highest BCUT2D eigenvalue weighted by Gasteiger charge is 2.24. The molecule has 0 saturated heterocycles. The highest BCUT2D eigenvalue weighted by atomic mass is 16.5. The van der Waals surface area contributed by atoms with E-state index in [0.29, 0.717) is 0 Å². The second-order valence-corrected chi connectivity index (χ2v) is 12.1.